The van der Waals surface area contributed by atoms with Crippen molar-refractivity contribution >= 4 is 29.3 Å². The Hall–Kier alpha value is -5.17. The molecule has 3 rings (SSSR count). The van der Waals surface area contributed by atoms with Gasteiger partial charge in [-0.15, -0.1) is 0 Å². The highest BCUT2D eigenvalue weighted by atomic mass is 16.6. The van der Waals surface area contributed by atoms with E-state index in [1.807, 2.05) is 0 Å². The van der Waals surface area contributed by atoms with Crippen molar-refractivity contribution < 1.29 is 28.7 Å². The number of nitrogens with one attached hydrogen (secondary N) is 1. The van der Waals surface area contributed by atoms with Gasteiger partial charge in [0.25, 0.3) is 11.6 Å². The molecule has 0 bridgehead atoms. The van der Waals surface area contributed by atoms with Crippen LogP contribution in [0.15, 0.2) is 72.3 Å². The zero-order valence-corrected chi connectivity index (χ0v) is 19.4. The van der Waals surface area contributed by atoms with E-state index >= 15 is 0 Å². The van der Waals surface area contributed by atoms with E-state index in [4.69, 9.17) is 14.2 Å². The van der Waals surface area contributed by atoms with Gasteiger partial charge in [-0.3, -0.25) is 14.9 Å². The van der Waals surface area contributed by atoms with Gasteiger partial charge in [0.05, 0.1) is 24.2 Å². The third-order valence-electron chi connectivity index (χ3n) is 4.82. The lowest BCUT2D eigenvalue weighted by molar-refractivity contribution is -0.383. The van der Waals surface area contributed by atoms with Gasteiger partial charge in [-0.05, 0) is 61.0 Å². The van der Waals surface area contributed by atoms with Gasteiger partial charge in [-0.1, -0.05) is 18.2 Å². The number of methoxy groups -OCH3 is 1. The fraction of sp³-hybridized carbons (Fsp3) is 0.115. The van der Waals surface area contributed by atoms with Crippen LogP contribution in [0.1, 0.15) is 22.8 Å². The van der Waals surface area contributed by atoms with Crippen LogP contribution >= 0.6 is 0 Å². The third-order valence-corrected chi connectivity index (χ3v) is 4.82. The predicted octanol–water partition coefficient (Wildman–Crippen LogP) is 4.77. The van der Waals surface area contributed by atoms with Crippen molar-refractivity contribution in [2.75, 3.05) is 19.0 Å². The zero-order chi connectivity index (χ0) is 26.1. The molecule has 0 atom stereocenters. The number of hydrogen-bond donors (Lipinski definition) is 1. The Morgan fingerprint density at radius 3 is 2.44 bits per heavy atom. The van der Waals surface area contributed by atoms with Gasteiger partial charge in [0.1, 0.15) is 23.1 Å². The number of anilines is 1. The normalized spacial score (nSPS) is 10.6. The molecule has 0 heterocycles. The highest BCUT2D eigenvalue weighted by Crippen LogP contribution is 2.31. The Kier molecular flexibility index (Phi) is 8.35. The van der Waals surface area contributed by atoms with E-state index in [1.165, 1.54) is 55.7 Å². The van der Waals surface area contributed by atoms with Crippen LogP contribution in [0.5, 0.6) is 17.2 Å². The average Bonchev–Trinajstić information content (AvgIpc) is 2.88. The lowest BCUT2D eigenvalue weighted by Crippen LogP contribution is -2.14. The molecule has 10 heteroatoms. The Bertz CT molecular complexity index is 1360. The minimum absolute atomic E-state index is 0.0375. The second-order valence-corrected chi connectivity index (χ2v) is 7.16. The lowest BCUT2D eigenvalue weighted by atomic mass is 10.1. The summed E-state index contributed by atoms with van der Waals surface area (Å²) in [5.41, 5.74) is 0.0884. The standard InChI is InChI=1S/C26H21N3O7/c1-3-35-24-15-17(8-13-23(24)36-26(31)18-9-11-20(34-2)12-10-18)14-19(16-27)25(30)28-21-6-4-5-7-22(21)29(32)33/h4-15H,3H2,1-2H3,(H,28,30)/b19-14-. The number of hydrogen-bond acceptors (Lipinski definition) is 8. The fourth-order valence-corrected chi connectivity index (χ4v) is 3.10. The molecule has 0 unspecified atom stereocenters. The van der Waals surface area contributed by atoms with Crippen LogP contribution in [-0.2, 0) is 4.79 Å². The summed E-state index contributed by atoms with van der Waals surface area (Å²) in [7, 11) is 1.52. The Morgan fingerprint density at radius 1 is 1.08 bits per heavy atom. The van der Waals surface area contributed by atoms with Gasteiger partial charge < -0.3 is 19.5 Å². The topological polar surface area (TPSA) is 141 Å². The van der Waals surface area contributed by atoms with Crippen LogP contribution in [-0.4, -0.2) is 30.5 Å². The van der Waals surface area contributed by atoms with Gasteiger partial charge in [-0.25, -0.2) is 4.79 Å². The highest BCUT2D eigenvalue weighted by molar-refractivity contribution is 6.10. The van der Waals surface area contributed by atoms with Gasteiger partial charge in [0, 0.05) is 6.07 Å². The fourth-order valence-electron chi connectivity index (χ4n) is 3.10. The number of carbonyl (C=O) groups excluding carboxylic acids is 2. The molecule has 0 radical (unpaired) electrons. The number of rotatable bonds is 9. The number of ether oxygens (including phenoxy) is 3. The number of para-hydroxylation sites is 2. The van der Waals surface area contributed by atoms with Crippen molar-refractivity contribution in [3.05, 3.63) is 93.5 Å². The molecule has 1 N–H and O–H groups in total. The number of carbonyl (C=O) groups is 2. The van der Waals surface area contributed by atoms with Crippen LogP contribution in [0, 0.1) is 21.4 Å². The Labute approximate surface area is 206 Å². The van der Waals surface area contributed by atoms with Crippen LogP contribution in [0.4, 0.5) is 11.4 Å². The number of nitriles is 1. The number of nitro groups is 1. The van der Waals surface area contributed by atoms with Crippen molar-refractivity contribution in [1.82, 2.24) is 0 Å². The van der Waals surface area contributed by atoms with Gasteiger partial charge in [0.2, 0.25) is 0 Å². The molecule has 0 saturated heterocycles. The van der Waals surface area contributed by atoms with Crippen molar-refractivity contribution in [2.45, 2.75) is 6.92 Å². The SMILES string of the molecule is CCOc1cc(/C=C(/C#N)C(=O)Nc2ccccc2[N+](=O)[O-])ccc1OC(=O)c1ccc(OC)cc1. The summed E-state index contributed by atoms with van der Waals surface area (Å²) >= 11 is 0. The second-order valence-electron chi connectivity index (χ2n) is 7.16. The van der Waals surface area contributed by atoms with Crippen molar-refractivity contribution in [3.63, 3.8) is 0 Å². The molecule has 0 spiro atoms. The van der Waals surface area contributed by atoms with E-state index in [0.717, 1.165) is 0 Å². The summed E-state index contributed by atoms with van der Waals surface area (Å²) in [5.74, 6) is -0.456. The molecule has 3 aromatic rings. The quantitative estimate of drug-likeness (QED) is 0.114. The summed E-state index contributed by atoms with van der Waals surface area (Å²) in [6.07, 6.45) is 1.29. The molecule has 3 aromatic carbocycles. The van der Waals surface area contributed by atoms with Gasteiger partial charge in [0.15, 0.2) is 11.5 Å². The van der Waals surface area contributed by atoms with E-state index in [-0.39, 0.29) is 35.1 Å². The summed E-state index contributed by atoms with van der Waals surface area (Å²) in [6.45, 7) is 2.02. The smallest absolute Gasteiger partial charge is 0.343 e. The largest absolute Gasteiger partial charge is 0.497 e. The maximum Gasteiger partial charge on any atom is 0.343 e. The van der Waals surface area contributed by atoms with E-state index in [2.05, 4.69) is 5.32 Å². The molecule has 182 valence electrons. The first-order chi connectivity index (χ1) is 17.4. The highest BCUT2D eigenvalue weighted by Gasteiger charge is 2.18. The maximum absolute atomic E-state index is 12.6. The predicted molar refractivity (Wildman–Crippen MR) is 131 cm³/mol. The number of nitrogens with zero attached hydrogens (tertiary/aromatic N) is 2. The van der Waals surface area contributed by atoms with Crippen molar-refractivity contribution in [1.29, 1.82) is 5.26 Å². The molecule has 0 aromatic heterocycles. The van der Waals surface area contributed by atoms with Gasteiger partial charge in [-0.2, -0.15) is 5.26 Å². The molecule has 10 nitrogen and oxygen atoms in total. The summed E-state index contributed by atoms with van der Waals surface area (Å²) in [6, 6.07) is 18.3. The van der Waals surface area contributed by atoms with Crippen LogP contribution in [0.2, 0.25) is 0 Å². The molecule has 0 aliphatic carbocycles. The molecule has 36 heavy (non-hydrogen) atoms. The summed E-state index contributed by atoms with van der Waals surface area (Å²) < 4.78 is 16.1. The lowest BCUT2D eigenvalue weighted by Gasteiger charge is -2.12. The third kappa shape index (κ3) is 6.24. The average molecular weight is 487 g/mol. The van der Waals surface area contributed by atoms with E-state index in [1.54, 1.807) is 37.3 Å². The number of nitro benzene ring substituents is 1. The molecule has 1 amide bonds. The van der Waals surface area contributed by atoms with E-state index < -0.39 is 16.8 Å². The Morgan fingerprint density at radius 2 is 1.81 bits per heavy atom. The molecule has 0 fully saturated rings. The van der Waals surface area contributed by atoms with Crippen LogP contribution < -0.4 is 19.5 Å². The first-order valence-corrected chi connectivity index (χ1v) is 10.7. The molecular formula is C26H21N3O7. The molecule has 0 saturated carbocycles. The second kappa shape index (κ2) is 11.8. The molecule has 0 aliphatic rings. The minimum Gasteiger partial charge on any atom is -0.497 e. The van der Waals surface area contributed by atoms with E-state index in [0.29, 0.717) is 16.9 Å². The van der Waals surface area contributed by atoms with Crippen LogP contribution in [0.3, 0.4) is 0 Å². The zero-order valence-electron chi connectivity index (χ0n) is 19.4. The molecule has 0 aliphatic heterocycles. The van der Waals surface area contributed by atoms with Crippen molar-refractivity contribution in [2.24, 2.45) is 0 Å². The maximum atomic E-state index is 12.6. The monoisotopic (exact) mass is 487 g/mol. The Balaban J connectivity index is 1.83. The van der Waals surface area contributed by atoms with E-state index in [9.17, 15) is 25.0 Å². The van der Waals surface area contributed by atoms with Crippen molar-refractivity contribution in [3.8, 4) is 23.3 Å². The van der Waals surface area contributed by atoms with Crippen LogP contribution in [0.25, 0.3) is 6.08 Å². The summed E-state index contributed by atoms with van der Waals surface area (Å²) in [5, 5.41) is 23.1. The molecular weight excluding hydrogens is 466 g/mol. The van der Waals surface area contributed by atoms with Gasteiger partial charge >= 0.3 is 5.97 Å². The number of esters is 1. The number of amides is 1. The first kappa shape index (κ1) is 25.5. The first-order valence-electron chi connectivity index (χ1n) is 10.7. The number of benzene rings is 3. The minimum atomic E-state index is -0.820. The summed E-state index contributed by atoms with van der Waals surface area (Å²) in [4.78, 5) is 35.7.